The summed E-state index contributed by atoms with van der Waals surface area (Å²) in [6.45, 7) is 3.99. The Morgan fingerprint density at radius 3 is 2.36 bits per heavy atom. The number of carbonyl (C=O) groups excluding carboxylic acids is 2. The van der Waals surface area contributed by atoms with Gasteiger partial charge in [0.15, 0.2) is 9.84 Å². The zero-order valence-corrected chi connectivity index (χ0v) is 22.4. The van der Waals surface area contributed by atoms with E-state index in [-0.39, 0.29) is 16.4 Å². The lowest BCUT2D eigenvalue weighted by molar-refractivity contribution is -0.121. The van der Waals surface area contributed by atoms with Crippen LogP contribution < -0.4 is 10.2 Å². The van der Waals surface area contributed by atoms with E-state index < -0.39 is 33.5 Å². The number of aryl methyl sites for hydroxylation is 1. The molecule has 0 spiro atoms. The number of nitrogens with zero attached hydrogens (tertiary/aromatic N) is 3. The van der Waals surface area contributed by atoms with Gasteiger partial charge in [0.25, 0.3) is 11.8 Å². The van der Waals surface area contributed by atoms with Gasteiger partial charge in [-0.1, -0.05) is 36.4 Å². The Morgan fingerprint density at radius 2 is 1.72 bits per heavy atom. The molecule has 0 fully saturated rings. The molecule has 1 aromatic heterocycles. The fraction of sp³-hybridized carbons (Fsp3) is 0.207. The van der Waals surface area contributed by atoms with Gasteiger partial charge >= 0.3 is 0 Å². The largest absolute Gasteiger partial charge is 0.339 e. The molecule has 1 N–H and O–H groups in total. The number of sulfone groups is 1. The van der Waals surface area contributed by atoms with Crippen molar-refractivity contribution in [2.45, 2.75) is 30.7 Å². The Hall–Kier alpha value is -4.31. The molecule has 2 amide bonds. The molecule has 0 saturated heterocycles. The van der Waals surface area contributed by atoms with E-state index in [9.17, 15) is 22.4 Å². The van der Waals surface area contributed by atoms with Crippen molar-refractivity contribution in [1.82, 2.24) is 15.1 Å². The normalized spacial score (nSPS) is 17.1. The van der Waals surface area contributed by atoms with E-state index in [2.05, 4.69) is 5.32 Å². The first kappa shape index (κ1) is 26.3. The molecule has 4 aromatic rings. The molecule has 3 aromatic carbocycles. The summed E-state index contributed by atoms with van der Waals surface area (Å²) in [5.41, 5.74) is 2.90. The number of amides is 2. The van der Waals surface area contributed by atoms with Crippen LogP contribution in [-0.2, 0) is 14.6 Å². The van der Waals surface area contributed by atoms with Gasteiger partial charge in [0.05, 0.1) is 16.3 Å². The average Bonchev–Trinajstić information content (AvgIpc) is 3.26. The Labute approximate surface area is 226 Å². The second-order valence-electron chi connectivity index (χ2n) is 9.43. The number of para-hydroxylation sites is 1. The highest BCUT2D eigenvalue weighted by Gasteiger charge is 2.45. The van der Waals surface area contributed by atoms with Crippen LogP contribution in [0, 0.1) is 12.7 Å². The predicted octanol–water partition coefficient (Wildman–Crippen LogP) is 4.02. The first-order valence-corrected chi connectivity index (χ1v) is 14.3. The second kappa shape index (κ2) is 10.1. The number of hydrogen-bond donors (Lipinski definition) is 1. The van der Waals surface area contributed by atoms with Crippen LogP contribution in [0.2, 0.25) is 0 Å². The Kier molecular flexibility index (Phi) is 6.82. The smallest absolute Gasteiger partial charge is 0.252 e. The zero-order valence-electron chi connectivity index (χ0n) is 21.6. The number of carbonyl (C=O) groups is 2. The van der Waals surface area contributed by atoms with Crippen molar-refractivity contribution >= 4 is 27.5 Å². The van der Waals surface area contributed by atoms with Crippen LogP contribution in [-0.4, -0.2) is 48.9 Å². The van der Waals surface area contributed by atoms with Crippen LogP contribution in [0.25, 0.3) is 5.69 Å². The molecule has 10 heteroatoms. The van der Waals surface area contributed by atoms with Crippen LogP contribution in [0.3, 0.4) is 0 Å². The van der Waals surface area contributed by atoms with E-state index in [1.807, 2.05) is 44.2 Å². The van der Waals surface area contributed by atoms with Gasteiger partial charge in [-0.25, -0.2) is 17.5 Å². The molecule has 5 rings (SSSR count). The number of nitrogens with one attached hydrogen (secondary N) is 1. The van der Waals surface area contributed by atoms with E-state index in [0.29, 0.717) is 23.6 Å². The fourth-order valence-electron chi connectivity index (χ4n) is 5.05. The number of fused-ring (bicyclic) bond motifs is 1. The molecule has 0 bridgehead atoms. The summed E-state index contributed by atoms with van der Waals surface area (Å²) in [6, 6.07) is 19.9. The van der Waals surface area contributed by atoms with Crippen molar-refractivity contribution in [2.75, 3.05) is 17.7 Å². The molecule has 200 valence electrons. The molecule has 39 heavy (non-hydrogen) atoms. The van der Waals surface area contributed by atoms with Gasteiger partial charge in [0.2, 0.25) is 0 Å². The van der Waals surface area contributed by atoms with Gasteiger partial charge < -0.3 is 5.32 Å². The lowest BCUT2D eigenvalue weighted by Gasteiger charge is -2.38. The molecule has 8 nitrogen and oxygen atoms in total. The minimum atomic E-state index is -3.54. The lowest BCUT2D eigenvalue weighted by atomic mass is 9.81. The van der Waals surface area contributed by atoms with Crippen molar-refractivity contribution in [3.63, 3.8) is 0 Å². The number of hydrogen-bond acceptors (Lipinski definition) is 5. The Bertz CT molecular complexity index is 1670. The number of rotatable bonds is 6. The molecule has 1 aliphatic heterocycles. The minimum Gasteiger partial charge on any atom is -0.339 e. The van der Waals surface area contributed by atoms with E-state index >= 15 is 0 Å². The lowest BCUT2D eigenvalue weighted by Crippen LogP contribution is -2.55. The number of anilines is 1. The molecule has 0 aliphatic carbocycles. The SMILES string of the molecule is CCN1C(=O)[C@@H](NC(=O)c2cccc(S(C)(=O)=O)c2)[C@@H](c2ccc(F)cc2)c2c(C)nn(-c3ccccc3)c21. The fourth-order valence-corrected chi connectivity index (χ4v) is 5.72. The Balaban J connectivity index is 1.66. The third-order valence-electron chi connectivity index (χ3n) is 6.87. The van der Waals surface area contributed by atoms with Crippen LogP contribution in [0.5, 0.6) is 0 Å². The average molecular weight is 547 g/mol. The molecular formula is C29H27FN4O4S. The number of likely N-dealkylation sites (N-methyl/N-ethyl adjacent to an activating group) is 1. The number of aromatic nitrogens is 2. The number of benzene rings is 3. The van der Waals surface area contributed by atoms with Crippen molar-refractivity contribution in [1.29, 1.82) is 0 Å². The third kappa shape index (κ3) is 4.83. The highest BCUT2D eigenvalue weighted by Crippen LogP contribution is 2.43. The highest BCUT2D eigenvalue weighted by molar-refractivity contribution is 7.90. The van der Waals surface area contributed by atoms with Crippen LogP contribution in [0.15, 0.2) is 83.8 Å². The molecule has 0 radical (unpaired) electrons. The summed E-state index contributed by atoms with van der Waals surface area (Å²) in [6.07, 6.45) is 1.06. The predicted molar refractivity (Wildman–Crippen MR) is 145 cm³/mol. The van der Waals surface area contributed by atoms with E-state index in [1.54, 1.807) is 21.7 Å². The number of halogens is 1. The van der Waals surface area contributed by atoms with Crippen molar-refractivity contribution in [2.24, 2.45) is 0 Å². The maximum Gasteiger partial charge on any atom is 0.252 e. The van der Waals surface area contributed by atoms with Gasteiger partial charge in [-0.15, -0.1) is 0 Å². The van der Waals surface area contributed by atoms with Crippen LogP contribution in [0.4, 0.5) is 10.2 Å². The summed E-state index contributed by atoms with van der Waals surface area (Å²) >= 11 is 0. The quantitative estimate of drug-likeness (QED) is 0.394. The summed E-state index contributed by atoms with van der Waals surface area (Å²) in [7, 11) is -3.54. The Morgan fingerprint density at radius 1 is 1.03 bits per heavy atom. The van der Waals surface area contributed by atoms with E-state index in [4.69, 9.17) is 5.10 Å². The maximum atomic E-state index is 14.1. The molecule has 2 atom stereocenters. The first-order valence-electron chi connectivity index (χ1n) is 12.4. The molecular weight excluding hydrogens is 519 g/mol. The highest BCUT2D eigenvalue weighted by atomic mass is 32.2. The second-order valence-corrected chi connectivity index (χ2v) is 11.4. The molecule has 1 aliphatic rings. The third-order valence-corrected chi connectivity index (χ3v) is 7.98. The van der Waals surface area contributed by atoms with Gasteiger partial charge in [0, 0.05) is 29.8 Å². The van der Waals surface area contributed by atoms with Crippen LogP contribution in [0.1, 0.15) is 40.0 Å². The van der Waals surface area contributed by atoms with E-state index in [0.717, 1.165) is 17.5 Å². The molecule has 0 unspecified atom stereocenters. The topological polar surface area (TPSA) is 101 Å². The summed E-state index contributed by atoms with van der Waals surface area (Å²) in [4.78, 5) is 29.1. The van der Waals surface area contributed by atoms with Crippen molar-refractivity contribution < 1.29 is 22.4 Å². The van der Waals surface area contributed by atoms with Gasteiger partial charge in [-0.2, -0.15) is 5.10 Å². The van der Waals surface area contributed by atoms with Crippen LogP contribution >= 0.6 is 0 Å². The molecule has 2 heterocycles. The van der Waals surface area contributed by atoms with Gasteiger partial charge in [-0.05, 0) is 61.9 Å². The minimum absolute atomic E-state index is 0.00217. The van der Waals surface area contributed by atoms with Gasteiger partial charge in [0.1, 0.15) is 17.7 Å². The standard InChI is InChI=1S/C29H27FN4O4S/c1-4-33-28-24(18(2)32-34(28)22-10-6-5-7-11-22)25(19-13-15-21(30)16-14-19)26(29(33)36)31-27(35)20-9-8-12-23(17-20)39(3,37)38/h5-17,25-26H,4H2,1-3H3,(H,31,35)/t25-,26-/m0/s1. The summed E-state index contributed by atoms with van der Waals surface area (Å²) in [5, 5.41) is 7.62. The van der Waals surface area contributed by atoms with Crippen molar-refractivity contribution in [3.05, 3.63) is 107 Å². The summed E-state index contributed by atoms with van der Waals surface area (Å²) in [5.74, 6) is -1.46. The van der Waals surface area contributed by atoms with E-state index in [1.165, 1.54) is 36.4 Å². The monoisotopic (exact) mass is 546 g/mol. The maximum absolute atomic E-state index is 14.1. The molecule has 0 saturated carbocycles. The van der Waals surface area contributed by atoms with Gasteiger partial charge in [-0.3, -0.25) is 14.5 Å². The van der Waals surface area contributed by atoms with Crippen molar-refractivity contribution in [3.8, 4) is 5.69 Å². The zero-order chi connectivity index (χ0) is 27.9. The first-order chi connectivity index (χ1) is 18.6. The summed E-state index contributed by atoms with van der Waals surface area (Å²) < 4.78 is 39.7.